The summed E-state index contributed by atoms with van der Waals surface area (Å²) in [5.41, 5.74) is 2.82. The number of aromatic nitrogens is 3. The Hall–Kier alpha value is -2.97. The second-order valence-corrected chi connectivity index (χ2v) is 8.43. The average Bonchev–Trinajstić information content (AvgIpc) is 3.32. The maximum absolute atomic E-state index is 13.5. The molecule has 3 N–H and O–H groups in total. The van der Waals surface area contributed by atoms with Crippen molar-refractivity contribution in [2.75, 3.05) is 10.6 Å². The van der Waals surface area contributed by atoms with E-state index >= 15 is 0 Å². The van der Waals surface area contributed by atoms with Gasteiger partial charge in [0, 0.05) is 42.3 Å². The molecule has 9 heteroatoms. The molecule has 30 heavy (non-hydrogen) atoms. The highest BCUT2D eigenvalue weighted by molar-refractivity contribution is 5.89. The molecule has 0 bridgehead atoms. The van der Waals surface area contributed by atoms with Crippen LogP contribution in [0, 0.1) is 0 Å². The second kappa shape index (κ2) is 7.07. The van der Waals surface area contributed by atoms with Crippen molar-refractivity contribution in [1.82, 2.24) is 19.9 Å². The van der Waals surface area contributed by atoms with Gasteiger partial charge in [0.25, 0.3) is 0 Å². The first-order chi connectivity index (χ1) is 14.4. The minimum atomic E-state index is -2.56. The third kappa shape index (κ3) is 3.88. The molecule has 3 fully saturated rings. The largest absolute Gasteiger partial charge is 0.367 e. The normalized spacial score (nSPS) is 23.2. The van der Waals surface area contributed by atoms with Crippen LogP contribution in [0.5, 0.6) is 0 Å². The molecule has 2 aromatic heterocycles. The average molecular weight is 414 g/mol. The lowest BCUT2D eigenvalue weighted by Gasteiger charge is -2.29. The van der Waals surface area contributed by atoms with E-state index in [4.69, 9.17) is 4.98 Å². The number of carbonyl (C=O) groups excluding carboxylic acids is 1. The van der Waals surface area contributed by atoms with Gasteiger partial charge in [0.05, 0.1) is 12.6 Å². The van der Waals surface area contributed by atoms with E-state index in [1.165, 1.54) is 0 Å². The number of halogens is 2. The number of rotatable bonds is 5. The molecule has 0 radical (unpaired) electrons. The minimum absolute atomic E-state index is 0.0329. The molecule has 3 heterocycles. The van der Waals surface area contributed by atoms with Gasteiger partial charge in [-0.3, -0.25) is 4.79 Å². The summed E-state index contributed by atoms with van der Waals surface area (Å²) in [5, 5.41) is 14.0. The van der Waals surface area contributed by atoms with Gasteiger partial charge in [-0.25, -0.2) is 13.8 Å². The first-order valence-corrected chi connectivity index (χ1v) is 10.4. The van der Waals surface area contributed by atoms with Gasteiger partial charge < -0.3 is 16.0 Å². The molecule has 1 aliphatic heterocycles. The zero-order valence-corrected chi connectivity index (χ0v) is 16.5. The SMILES string of the molecule is C=C1NC(=O)C/C1=C\c1cnn2c(NC3CC3)cc(NC3CCC(F)(F)CC3)nc12. The molecule has 2 aromatic rings. The highest BCUT2D eigenvalue weighted by Crippen LogP contribution is 2.35. The Kier molecular flexibility index (Phi) is 4.48. The van der Waals surface area contributed by atoms with Crippen molar-refractivity contribution in [2.45, 2.75) is 63.0 Å². The Labute approximate surface area is 172 Å². The summed E-state index contributed by atoms with van der Waals surface area (Å²) in [4.78, 5) is 16.4. The number of nitrogens with one attached hydrogen (secondary N) is 3. The fourth-order valence-electron chi connectivity index (χ4n) is 3.99. The van der Waals surface area contributed by atoms with Gasteiger partial charge in [0.2, 0.25) is 11.8 Å². The molecule has 0 spiro atoms. The van der Waals surface area contributed by atoms with E-state index in [1.54, 1.807) is 10.7 Å². The number of hydrogen-bond donors (Lipinski definition) is 3. The van der Waals surface area contributed by atoms with Crippen LogP contribution < -0.4 is 16.0 Å². The molecule has 2 saturated carbocycles. The Morgan fingerprint density at radius 3 is 2.60 bits per heavy atom. The Morgan fingerprint density at radius 2 is 1.93 bits per heavy atom. The van der Waals surface area contributed by atoms with Crippen LogP contribution in [0.4, 0.5) is 20.4 Å². The van der Waals surface area contributed by atoms with Crippen LogP contribution in [-0.4, -0.2) is 38.5 Å². The van der Waals surface area contributed by atoms with Crippen LogP contribution in [-0.2, 0) is 4.79 Å². The Bertz CT molecular complexity index is 1050. The minimum Gasteiger partial charge on any atom is -0.367 e. The van der Waals surface area contributed by atoms with Crippen LogP contribution in [0.2, 0.25) is 0 Å². The molecule has 2 aliphatic carbocycles. The lowest BCUT2D eigenvalue weighted by Crippen LogP contribution is -2.32. The van der Waals surface area contributed by atoms with Crippen molar-refractivity contribution in [2.24, 2.45) is 0 Å². The van der Waals surface area contributed by atoms with Gasteiger partial charge in [0.1, 0.15) is 11.6 Å². The van der Waals surface area contributed by atoms with Crippen molar-refractivity contribution < 1.29 is 13.6 Å². The number of fused-ring (bicyclic) bond motifs is 1. The molecular formula is C21H24F2N6O. The number of allylic oxidation sites excluding steroid dienone is 1. The van der Waals surface area contributed by atoms with E-state index in [0.717, 1.165) is 29.8 Å². The van der Waals surface area contributed by atoms with Crippen LogP contribution in [0.3, 0.4) is 0 Å². The number of carbonyl (C=O) groups is 1. The van der Waals surface area contributed by atoms with Gasteiger partial charge in [-0.15, -0.1) is 0 Å². The summed E-state index contributed by atoms with van der Waals surface area (Å²) in [6, 6.07) is 2.27. The van der Waals surface area contributed by atoms with E-state index in [0.29, 0.717) is 36.0 Å². The number of nitrogens with zero attached hydrogens (tertiary/aromatic N) is 3. The standard InChI is InChI=1S/C21H24F2N6O/c1-12-13(9-19(30)25-12)8-14-11-24-29-18(27-15-2-3-15)10-17(28-20(14)29)26-16-4-6-21(22,23)7-5-16/h8,10-11,15-16,27H,1-7,9H2,(H,25,30)(H,26,28)/b13-8+. The molecule has 0 unspecified atom stereocenters. The molecule has 1 amide bonds. The van der Waals surface area contributed by atoms with Crippen molar-refractivity contribution in [3.63, 3.8) is 0 Å². The quantitative estimate of drug-likeness (QED) is 0.695. The third-order valence-corrected chi connectivity index (χ3v) is 5.86. The molecule has 0 aromatic carbocycles. The van der Waals surface area contributed by atoms with Crippen LogP contribution in [0.15, 0.2) is 30.1 Å². The molecule has 7 nitrogen and oxygen atoms in total. The van der Waals surface area contributed by atoms with Crippen LogP contribution in [0.1, 0.15) is 50.5 Å². The number of anilines is 2. The van der Waals surface area contributed by atoms with E-state index in [9.17, 15) is 13.6 Å². The predicted octanol–water partition coefficient (Wildman–Crippen LogP) is 3.71. The fourth-order valence-corrected chi connectivity index (χ4v) is 3.99. The maximum atomic E-state index is 13.5. The molecular weight excluding hydrogens is 390 g/mol. The first-order valence-electron chi connectivity index (χ1n) is 10.4. The van der Waals surface area contributed by atoms with E-state index < -0.39 is 5.92 Å². The van der Waals surface area contributed by atoms with Gasteiger partial charge in [-0.1, -0.05) is 6.58 Å². The molecule has 158 valence electrons. The zero-order chi connectivity index (χ0) is 20.9. The lowest BCUT2D eigenvalue weighted by molar-refractivity contribution is -0.118. The summed E-state index contributed by atoms with van der Waals surface area (Å²) < 4.78 is 28.7. The summed E-state index contributed by atoms with van der Waals surface area (Å²) in [5.74, 6) is -1.19. The molecule has 3 aliphatic rings. The van der Waals surface area contributed by atoms with Gasteiger partial charge >= 0.3 is 0 Å². The Balaban J connectivity index is 1.47. The summed E-state index contributed by atoms with van der Waals surface area (Å²) in [6.07, 6.45) is 6.70. The Morgan fingerprint density at radius 1 is 1.20 bits per heavy atom. The van der Waals surface area contributed by atoms with Crippen molar-refractivity contribution in [3.05, 3.63) is 35.7 Å². The molecule has 5 rings (SSSR count). The monoisotopic (exact) mass is 414 g/mol. The zero-order valence-electron chi connectivity index (χ0n) is 16.5. The number of amides is 1. The van der Waals surface area contributed by atoms with E-state index in [-0.39, 0.29) is 31.2 Å². The number of hydrogen-bond acceptors (Lipinski definition) is 5. The predicted molar refractivity (Wildman–Crippen MR) is 110 cm³/mol. The molecule has 0 atom stereocenters. The second-order valence-electron chi connectivity index (χ2n) is 8.43. The first kappa shape index (κ1) is 19.0. The van der Waals surface area contributed by atoms with Gasteiger partial charge in [-0.05, 0) is 37.3 Å². The number of alkyl halides is 2. The lowest BCUT2D eigenvalue weighted by atomic mass is 9.92. The summed E-state index contributed by atoms with van der Waals surface area (Å²) >= 11 is 0. The van der Waals surface area contributed by atoms with Crippen molar-refractivity contribution in [3.8, 4) is 0 Å². The smallest absolute Gasteiger partial charge is 0.248 e. The topological polar surface area (TPSA) is 83.4 Å². The highest BCUT2D eigenvalue weighted by atomic mass is 19.3. The third-order valence-electron chi connectivity index (χ3n) is 5.86. The van der Waals surface area contributed by atoms with Gasteiger partial charge in [-0.2, -0.15) is 9.61 Å². The summed E-state index contributed by atoms with van der Waals surface area (Å²) in [7, 11) is 0. The van der Waals surface area contributed by atoms with E-state index in [1.807, 2.05) is 12.1 Å². The van der Waals surface area contributed by atoms with Gasteiger partial charge in [0.15, 0.2) is 5.65 Å². The van der Waals surface area contributed by atoms with Crippen LogP contribution in [0.25, 0.3) is 11.7 Å². The summed E-state index contributed by atoms with van der Waals surface area (Å²) in [6.45, 7) is 3.88. The van der Waals surface area contributed by atoms with E-state index in [2.05, 4.69) is 27.6 Å². The molecule has 1 saturated heterocycles. The van der Waals surface area contributed by atoms with Crippen molar-refractivity contribution in [1.29, 1.82) is 0 Å². The maximum Gasteiger partial charge on any atom is 0.248 e. The fraction of sp³-hybridized carbons (Fsp3) is 0.476. The van der Waals surface area contributed by atoms with Crippen LogP contribution >= 0.6 is 0 Å². The highest BCUT2D eigenvalue weighted by Gasteiger charge is 2.35. The van der Waals surface area contributed by atoms with Crippen molar-refractivity contribution >= 4 is 29.3 Å².